The van der Waals surface area contributed by atoms with Gasteiger partial charge < -0.3 is 10.1 Å². The third-order valence-corrected chi connectivity index (χ3v) is 2.54. The second kappa shape index (κ2) is 4.24. The van der Waals surface area contributed by atoms with Crippen LogP contribution >= 0.6 is 0 Å². The second-order valence-corrected chi connectivity index (χ2v) is 4.14. The maximum atomic E-state index is 5.40. The van der Waals surface area contributed by atoms with Gasteiger partial charge in [-0.05, 0) is 52.1 Å². The van der Waals surface area contributed by atoms with Crippen molar-refractivity contribution < 1.29 is 4.74 Å². The summed E-state index contributed by atoms with van der Waals surface area (Å²) in [6.07, 6.45) is 3.57. The van der Waals surface area contributed by atoms with E-state index < -0.39 is 0 Å². The van der Waals surface area contributed by atoms with E-state index in [1.165, 1.54) is 12.8 Å². The molecule has 1 heterocycles. The summed E-state index contributed by atoms with van der Waals surface area (Å²) in [7, 11) is 1.79. The molecule has 0 amide bonds. The summed E-state index contributed by atoms with van der Waals surface area (Å²) in [6.45, 7) is 6.61. The van der Waals surface area contributed by atoms with Crippen LogP contribution in [0.5, 0.6) is 0 Å². The Hall–Kier alpha value is -0.0800. The maximum absolute atomic E-state index is 5.40. The lowest BCUT2D eigenvalue weighted by atomic mass is 9.87. The summed E-state index contributed by atoms with van der Waals surface area (Å²) in [5.41, 5.74) is 0.0344. The van der Waals surface area contributed by atoms with E-state index in [-0.39, 0.29) is 5.60 Å². The molecule has 1 aliphatic heterocycles. The Morgan fingerprint density at radius 2 is 1.92 bits per heavy atom. The van der Waals surface area contributed by atoms with Gasteiger partial charge in [-0.2, -0.15) is 0 Å². The van der Waals surface area contributed by atoms with Crippen LogP contribution in [-0.4, -0.2) is 25.8 Å². The van der Waals surface area contributed by atoms with Crippen LogP contribution in [0.2, 0.25) is 0 Å². The minimum absolute atomic E-state index is 0.0344. The summed E-state index contributed by atoms with van der Waals surface area (Å²) < 4.78 is 5.40. The first-order valence-corrected chi connectivity index (χ1v) is 4.73. The lowest BCUT2D eigenvalue weighted by Crippen LogP contribution is -2.32. The van der Waals surface area contributed by atoms with Crippen molar-refractivity contribution >= 4 is 0 Å². The molecule has 0 aromatic carbocycles. The van der Waals surface area contributed by atoms with E-state index >= 15 is 0 Å². The first kappa shape index (κ1) is 10.0. The van der Waals surface area contributed by atoms with E-state index in [9.17, 15) is 0 Å². The van der Waals surface area contributed by atoms with Crippen LogP contribution in [0, 0.1) is 5.92 Å². The Balaban J connectivity index is 2.28. The Bertz CT molecular complexity index is 128. The van der Waals surface area contributed by atoms with Crippen LogP contribution in [0.3, 0.4) is 0 Å². The van der Waals surface area contributed by atoms with Crippen molar-refractivity contribution in [1.29, 1.82) is 0 Å². The molecule has 0 spiro atoms. The van der Waals surface area contributed by atoms with E-state index in [0.717, 1.165) is 19.5 Å². The van der Waals surface area contributed by atoms with Crippen molar-refractivity contribution in [3.63, 3.8) is 0 Å². The zero-order chi connectivity index (χ0) is 9.03. The highest BCUT2D eigenvalue weighted by atomic mass is 16.5. The van der Waals surface area contributed by atoms with Crippen LogP contribution < -0.4 is 5.32 Å². The second-order valence-electron chi connectivity index (χ2n) is 4.14. The van der Waals surface area contributed by atoms with Crippen molar-refractivity contribution in [1.82, 2.24) is 5.32 Å². The van der Waals surface area contributed by atoms with Gasteiger partial charge in [0.05, 0.1) is 5.60 Å². The molecule has 1 rings (SSSR count). The van der Waals surface area contributed by atoms with Gasteiger partial charge in [-0.15, -0.1) is 0 Å². The molecule has 0 unspecified atom stereocenters. The Morgan fingerprint density at radius 1 is 1.33 bits per heavy atom. The summed E-state index contributed by atoms with van der Waals surface area (Å²) in [5.74, 6) is 1.65. The molecular weight excluding hydrogens is 150 g/mol. The monoisotopic (exact) mass is 170 g/mol. The number of methoxy groups -OCH3 is 1. The van der Waals surface area contributed by atoms with Gasteiger partial charge in [-0.25, -0.2) is 0 Å². The molecule has 2 heteroatoms. The molecule has 1 aliphatic rings. The van der Waals surface area contributed by atoms with Crippen LogP contribution in [0.4, 0.5) is 0 Å². The van der Waals surface area contributed by atoms with Gasteiger partial charge in [0.15, 0.2) is 0 Å². The predicted molar refractivity (Wildman–Crippen MR) is 51.1 cm³/mol. The van der Waals surface area contributed by atoms with Gasteiger partial charge in [0.25, 0.3) is 0 Å². The molecule has 0 aromatic heterocycles. The molecule has 1 radical (unpaired) electrons. The summed E-state index contributed by atoms with van der Waals surface area (Å²) in [5, 5.41) is 3.36. The number of nitrogens with one attached hydrogen (secondary N) is 1. The summed E-state index contributed by atoms with van der Waals surface area (Å²) in [4.78, 5) is 0. The van der Waals surface area contributed by atoms with Crippen LogP contribution in [0.1, 0.15) is 33.1 Å². The molecule has 1 saturated heterocycles. The molecule has 2 nitrogen and oxygen atoms in total. The zero-order valence-corrected chi connectivity index (χ0v) is 8.44. The fourth-order valence-corrected chi connectivity index (χ4v) is 1.63. The third kappa shape index (κ3) is 3.11. The minimum Gasteiger partial charge on any atom is -0.379 e. The fraction of sp³-hybridized carbons (Fsp3) is 0.900. The molecule has 0 saturated carbocycles. The van der Waals surface area contributed by atoms with E-state index in [1.807, 2.05) is 0 Å². The van der Waals surface area contributed by atoms with E-state index in [4.69, 9.17) is 4.74 Å². The molecule has 0 bridgehead atoms. The van der Waals surface area contributed by atoms with Crippen molar-refractivity contribution in [2.75, 3.05) is 20.2 Å². The Kier molecular flexibility index (Phi) is 3.53. The van der Waals surface area contributed by atoms with Crippen molar-refractivity contribution in [3.8, 4) is 0 Å². The smallest absolute Gasteiger partial charge is 0.0628 e. The summed E-state index contributed by atoms with van der Waals surface area (Å²) >= 11 is 0. The molecule has 1 fully saturated rings. The first-order chi connectivity index (χ1) is 5.64. The standard InChI is InChI=1S/C10H20NO/c1-10(2,12-3)8-9-4-6-11-7-5-9/h11H,4-8H2,1-3H3. The number of hydrogen-bond donors (Lipinski definition) is 1. The van der Waals surface area contributed by atoms with Crippen LogP contribution in [0.25, 0.3) is 0 Å². The van der Waals surface area contributed by atoms with Crippen molar-refractivity contribution in [2.45, 2.75) is 38.7 Å². The molecule has 0 aromatic rings. The zero-order valence-electron chi connectivity index (χ0n) is 8.44. The average Bonchev–Trinajstić information content (AvgIpc) is 2.06. The average molecular weight is 170 g/mol. The first-order valence-electron chi connectivity index (χ1n) is 4.73. The van der Waals surface area contributed by atoms with Gasteiger partial charge in [-0.1, -0.05) is 0 Å². The molecule has 1 N–H and O–H groups in total. The predicted octanol–water partition coefficient (Wildman–Crippen LogP) is 1.76. The quantitative estimate of drug-likeness (QED) is 0.697. The SMILES string of the molecule is COC(C)(C)C[C]1CCNCC1. The van der Waals surface area contributed by atoms with Crippen molar-refractivity contribution in [2.24, 2.45) is 0 Å². The number of hydrogen-bond acceptors (Lipinski definition) is 2. The normalized spacial score (nSPS) is 21.2. The lowest BCUT2D eigenvalue weighted by Gasteiger charge is -2.30. The maximum Gasteiger partial charge on any atom is 0.0628 e. The van der Waals surface area contributed by atoms with Gasteiger partial charge in [0, 0.05) is 7.11 Å². The largest absolute Gasteiger partial charge is 0.379 e. The van der Waals surface area contributed by atoms with Crippen LogP contribution in [0.15, 0.2) is 0 Å². The third-order valence-electron chi connectivity index (χ3n) is 2.54. The molecule has 0 atom stereocenters. The topological polar surface area (TPSA) is 21.3 Å². The molecule has 12 heavy (non-hydrogen) atoms. The van der Waals surface area contributed by atoms with Gasteiger partial charge in [0.1, 0.15) is 0 Å². The Labute approximate surface area is 75.7 Å². The fourth-order valence-electron chi connectivity index (χ4n) is 1.63. The van der Waals surface area contributed by atoms with E-state index in [0.29, 0.717) is 0 Å². The van der Waals surface area contributed by atoms with E-state index in [2.05, 4.69) is 19.2 Å². The molecule has 71 valence electrons. The van der Waals surface area contributed by atoms with Crippen LogP contribution in [-0.2, 0) is 4.74 Å². The molecular formula is C10H20NO. The number of ether oxygens (including phenoxy) is 1. The van der Waals surface area contributed by atoms with Gasteiger partial charge >= 0.3 is 0 Å². The highest BCUT2D eigenvalue weighted by Crippen LogP contribution is 2.27. The molecule has 0 aliphatic carbocycles. The minimum atomic E-state index is 0.0344. The van der Waals surface area contributed by atoms with Crippen molar-refractivity contribution in [3.05, 3.63) is 5.92 Å². The van der Waals surface area contributed by atoms with Gasteiger partial charge in [-0.3, -0.25) is 0 Å². The summed E-state index contributed by atoms with van der Waals surface area (Å²) in [6, 6.07) is 0. The number of piperidine rings is 1. The Morgan fingerprint density at radius 3 is 2.42 bits per heavy atom. The highest BCUT2D eigenvalue weighted by molar-refractivity contribution is 4.98. The lowest BCUT2D eigenvalue weighted by molar-refractivity contribution is 0.0165. The number of rotatable bonds is 3. The van der Waals surface area contributed by atoms with Gasteiger partial charge in [0.2, 0.25) is 0 Å². The highest BCUT2D eigenvalue weighted by Gasteiger charge is 2.24. The van der Waals surface area contributed by atoms with E-state index in [1.54, 1.807) is 13.0 Å².